The Morgan fingerprint density at radius 2 is 1.67 bits per heavy atom. The standard InChI is InChI=1S/C23H27ClN2O4/c1-29-20-9-7-17(15-21(20)30-2)8-10-22(27)25-11-4-12-26(14-13-25)23(28)18-5-3-6-19(24)16-18/h3,5-7,9,15-16H,4,8,10-14H2,1-2H3. The molecule has 2 aromatic rings. The lowest BCUT2D eigenvalue weighted by Gasteiger charge is -2.22. The summed E-state index contributed by atoms with van der Waals surface area (Å²) >= 11 is 6.01. The van der Waals surface area contributed by atoms with Crippen LogP contribution in [0.2, 0.25) is 5.02 Å². The quantitative estimate of drug-likeness (QED) is 0.701. The third-order valence-corrected chi connectivity index (χ3v) is 5.52. The summed E-state index contributed by atoms with van der Waals surface area (Å²) in [6, 6.07) is 12.7. The number of carbonyl (C=O) groups excluding carboxylic acids is 2. The maximum atomic E-state index is 12.7. The van der Waals surface area contributed by atoms with Crippen molar-refractivity contribution in [2.75, 3.05) is 40.4 Å². The van der Waals surface area contributed by atoms with Crippen LogP contribution in [-0.4, -0.2) is 62.0 Å². The number of amides is 2. The number of rotatable bonds is 6. The molecule has 0 bridgehead atoms. The highest BCUT2D eigenvalue weighted by Crippen LogP contribution is 2.28. The van der Waals surface area contributed by atoms with Crippen molar-refractivity contribution in [1.29, 1.82) is 0 Å². The zero-order chi connectivity index (χ0) is 21.5. The van der Waals surface area contributed by atoms with Gasteiger partial charge in [-0.3, -0.25) is 9.59 Å². The number of nitrogens with zero attached hydrogens (tertiary/aromatic N) is 2. The molecule has 2 amide bonds. The summed E-state index contributed by atoms with van der Waals surface area (Å²) in [5, 5.41) is 0.544. The molecule has 0 spiro atoms. The van der Waals surface area contributed by atoms with Gasteiger partial charge in [0.25, 0.3) is 5.91 Å². The summed E-state index contributed by atoms with van der Waals surface area (Å²) in [5.41, 5.74) is 1.60. The molecule has 1 heterocycles. The Balaban J connectivity index is 1.55. The van der Waals surface area contributed by atoms with E-state index < -0.39 is 0 Å². The Morgan fingerprint density at radius 3 is 2.40 bits per heavy atom. The number of methoxy groups -OCH3 is 2. The van der Waals surface area contributed by atoms with Crippen LogP contribution in [0.25, 0.3) is 0 Å². The Morgan fingerprint density at radius 1 is 0.933 bits per heavy atom. The molecule has 6 nitrogen and oxygen atoms in total. The molecule has 0 radical (unpaired) electrons. The summed E-state index contributed by atoms with van der Waals surface area (Å²) < 4.78 is 10.6. The van der Waals surface area contributed by atoms with Crippen LogP contribution in [0.3, 0.4) is 0 Å². The Kier molecular flexibility index (Phi) is 7.57. The summed E-state index contributed by atoms with van der Waals surface area (Å²) in [6.07, 6.45) is 1.80. The molecule has 0 unspecified atom stereocenters. The van der Waals surface area contributed by atoms with E-state index in [1.54, 1.807) is 43.4 Å². The van der Waals surface area contributed by atoms with Crippen molar-refractivity contribution < 1.29 is 19.1 Å². The van der Waals surface area contributed by atoms with Gasteiger partial charge in [0, 0.05) is 43.2 Å². The van der Waals surface area contributed by atoms with Gasteiger partial charge in [-0.15, -0.1) is 0 Å². The SMILES string of the molecule is COc1ccc(CCC(=O)N2CCCN(C(=O)c3cccc(Cl)c3)CC2)cc1OC. The molecule has 7 heteroatoms. The highest BCUT2D eigenvalue weighted by atomic mass is 35.5. The predicted molar refractivity (Wildman–Crippen MR) is 116 cm³/mol. The third-order valence-electron chi connectivity index (χ3n) is 5.28. The molecule has 30 heavy (non-hydrogen) atoms. The molecule has 0 atom stereocenters. The minimum Gasteiger partial charge on any atom is -0.493 e. The third kappa shape index (κ3) is 5.45. The van der Waals surface area contributed by atoms with Gasteiger partial charge in [-0.2, -0.15) is 0 Å². The topological polar surface area (TPSA) is 59.1 Å². The van der Waals surface area contributed by atoms with E-state index in [0.29, 0.717) is 61.1 Å². The number of hydrogen-bond acceptors (Lipinski definition) is 4. The van der Waals surface area contributed by atoms with Crippen molar-refractivity contribution in [3.63, 3.8) is 0 Å². The Hall–Kier alpha value is -2.73. The first kappa shape index (κ1) is 22.0. The fraction of sp³-hybridized carbons (Fsp3) is 0.391. The molecule has 0 aromatic heterocycles. The molecule has 1 aliphatic rings. The van der Waals surface area contributed by atoms with Crippen molar-refractivity contribution in [3.05, 3.63) is 58.6 Å². The lowest BCUT2D eigenvalue weighted by molar-refractivity contribution is -0.131. The van der Waals surface area contributed by atoms with Crippen LogP contribution in [0.5, 0.6) is 11.5 Å². The van der Waals surface area contributed by atoms with Crippen LogP contribution in [0.1, 0.15) is 28.8 Å². The molecule has 3 rings (SSSR count). The molecular weight excluding hydrogens is 404 g/mol. The number of benzene rings is 2. The summed E-state index contributed by atoms with van der Waals surface area (Å²) in [4.78, 5) is 29.1. The second-order valence-electron chi connectivity index (χ2n) is 7.23. The van der Waals surface area contributed by atoms with Gasteiger partial charge in [-0.05, 0) is 48.7 Å². The van der Waals surface area contributed by atoms with Crippen molar-refractivity contribution in [1.82, 2.24) is 9.80 Å². The first-order valence-electron chi connectivity index (χ1n) is 10.1. The van der Waals surface area contributed by atoms with Gasteiger partial charge in [0.2, 0.25) is 5.91 Å². The monoisotopic (exact) mass is 430 g/mol. The fourth-order valence-corrected chi connectivity index (χ4v) is 3.81. The highest BCUT2D eigenvalue weighted by Gasteiger charge is 2.23. The molecular formula is C23H27ClN2O4. The van der Waals surface area contributed by atoms with Gasteiger partial charge in [0.15, 0.2) is 11.5 Å². The van der Waals surface area contributed by atoms with Crippen LogP contribution < -0.4 is 9.47 Å². The number of hydrogen-bond donors (Lipinski definition) is 0. The van der Waals surface area contributed by atoms with Crippen molar-refractivity contribution in [3.8, 4) is 11.5 Å². The lowest BCUT2D eigenvalue weighted by Crippen LogP contribution is -2.37. The molecule has 2 aromatic carbocycles. The van der Waals surface area contributed by atoms with Gasteiger partial charge in [-0.25, -0.2) is 0 Å². The lowest BCUT2D eigenvalue weighted by atomic mass is 10.1. The average Bonchev–Trinajstić information content (AvgIpc) is 3.03. The maximum absolute atomic E-state index is 12.7. The molecule has 1 aliphatic heterocycles. The number of carbonyl (C=O) groups is 2. The summed E-state index contributed by atoms with van der Waals surface area (Å²) in [6.45, 7) is 2.35. The van der Waals surface area contributed by atoms with Crippen molar-refractivity contribution in [2.24, 2.45) is 0 Å². The number of ether oxygens (including phenoxy) is 2. The average molecular weight is 431 g/mol. The van der Waals surface area contributed by atoms with Crippen molar-refractivity contribution >= 4 is 23.4 Å². The van der Waals surface area contributed by atoms with Crippen molar-refractivity contribution in [2.45, 2.75) is 19.3 Å². The zero-order valence-corrected chi connectivity index (χ0v) is 18.2. The molecule has 0 aliphatic carbocycles. The van der Waals surface area contributed by atoms with E-state index in [4.69, 9.17) is 21.1 Å². The van der Waals surface area contributed by atoms with E-state index in [1.165, 1.54) is 0 Å². The molecule has 0 saturated carbocycles. The van der Waals surface area contributed by atoms with E-state index >= 15 is 0 Å². The Labute approximate surface area is 182 Å². The van der Waals surface area contributed by atoms with Gasteiger partial charge in [0.1, 0.15) is 0 Å². The largest absolute Gasteiger partial charge is 0.493 e. The van der Waals surface area contributed by atoms with E-state index in [9.17, 15) is 9.59 Å². The second kappa shape index (κ2) is 10.3. The van der Waals surface area contributed by atoms with Crippen LogP contribution in [0.15, 0.2) is 42.5 Å². The summed E-state index contributed by atoms with van der Waals surface area (Å²) in [5.74, 6) is 1.39. The minimum absolute atomic E-state index is 0.0443. The van der Waals surface area contributed by atoms with Crippen LogP contribution >= 0.6 is 11.6 Å². The number of aryl methyl sites for hydroxylation is 1. The highest BCUT2D eigenvalue weighted by molar-refractivity contribution is 6.30. The molecule has 0 N–H and O–H groups in total. The summed E-state index contributed by atoms with van der Waals surface area (Å²) in [7, 11) is 3.20. The van der Waals surface area contributed by atoms with Crippen LogP contribution in [0, 0.1) is 0 Å². The fourth-order valence-electron chi connectivity index (χ4n) is 3.62. The van der Waals surface area contributed by atoms with E-state index in [1.807, 2.05) is 23.1 Å². The van der Waals surface area contributed by atoms with E-state index in [2.05, 4.69) is 0 Å². The zero-order valence-electron chi connectivity index (χ0n) is 17.4. The Bertz CT molecular complexity index is 903. The van der Waals surface area contributed by atoms with Crippen LogP contribution in [-0.2, 0) is 11.2 Å². The molecule has 1 fully saturated rings. The van der Waals surface area contributed by atoms with Gasteiger partial charge < -0.3 is 19.3 Å². The number of halogens is 1. The smallest absolute Gasteiger partial charge is 0.253 e. The van der Waals surface area contributed by atoms with E-state index in [-0.39, 0.29) is 11.8 Å². The maximum Gasteiger partial charge on any atom is 0.253 e. The normalized spacial score (nSPS) is 14.2. The van der Waals surface area contributed by atoms with Gasteiger partial charge >= 0.3 is 0 Å². The first-order chi connectivity index (χ1) is 14.5. The van der Waals surface area contributed by atoms with Gasteiger partial charge in [-0.1, -0.05) is 23.7 Å². The molecule has 160 valence electrons. The first-order valence-corrected chi connectivity index (χ1v) is 10.4. The van der Waals surface area contributed by atoms with Crippen LogP contribution in [0.4, 0.5) is 0 Å². The minimum atomic E-state index is -0.0443. The van der Waals surface area contributed by atoms with Gasteiger partial charge in [0.05, 0.1) is 14.2 Å². The van der Waals surface area contributed by atoms with E-state index in [0.717, 1.165) is 12.0 Å². The predicted octanol–water partition coefficient (Wildman–Crippen LogP) is 3.66. The second-order valence-corrected chi connectivity index (χ2v) is 7.66. The molecule has 1 saturated heterocycles.